The zero-order valence-electron chi connectivity index (χ0n) is 10.2. The van der Waals surface area contributed by atoms with Gasteiger partial charge in [0.05, 0.1) is 18.0 Å². The highest BCUT2D eigenvalue weighted by Gasteiger charge is 2.32. The number of hydrogen-bond acceptors (Lipinski definition) is 4. The Balaban J connectivity index is 2.29. The SMILES string of the molecule is CCCCCS(=O)(=O)NCC1[CH]C(O)CC1O. The summed E-state index contributed by atoms with van der Waals surface area (Å²) in [6, 6.07) is 0. The Bertz CT molecular complexity index is 317. The van der Waals surface area contributed by atoms with Crippen molar-refractivity contribution in [3.05, 3.63) is 6.42 Å². The molecule has 3 unspecified atom stereocenters. The van der Waals surface area contributed by atoms with Crippen LogP contribution in [0.5, 0.6) is 0 Å². The first-order valence-electron chi connectivity index (χ1n) is 6.13. The van der Waals surface area contributed by atoms with Crippen LogP contribution in [0.25, 0.3) is 0 Å². The Morgan fingerprint density at radius 2 is 2.06 bits per heavy atom. The number of nitrogens with one attached hydrogen (secondary N) is 1. The molecular weight excluding hydrogens is 242 g/mol. The first kappa shape index (κ1) is 14.9. The van der Waals surface area contributed by atoms with E-state index in [4.69, 9.17) is 0 Å². The molecule has 5 nitrogen and oxygen atoms in total. The van der Waals surface area contributed by atoms with Gasteiger partial charge in [0.2, 0.25) is 10.0 Å². The standard InChI is InChI=1S/C11H22NO4S/c1-2-3-4-5-17(15,16)12-8-9-6-10(13)7-11(9)14/h6,9-14H,2-5,7-8H2,1H3. The Kier molecular flexibility index (Phi) is 5.85. The molecule has 0 aromatic rings. The van der Waals surface area contributed by atoms with E-state index >= 15 is 0 Å². The van der Waals surface area contributed by atoms with Crippen molar-refractivity contribution >= 4 is 10.0 Å². The summed E-state index contributed by atoms with van der Waals surface area (Å²) in [6.45, 7) is 2.19. The lowest BCUT2D eigenvalue weighted by Gasteiger charge is -2.14. The number of unbranched alkanes of at least 4 members (excludes halogenated alkanes) is 2. The molecule has 101 valence electrons. The first-order valence-corrected chi connectivity index (χ1v) is 7.78. The van der Waals surface area contributed by atoms with Gasteiger partial charge in [-0.3, -0.25) is 0 Å². The summed E-state index contributed by atoms with van der Waals surface area (Å²) >= 11 is 0. The van der Waals surface area contributed by atoms with Crippen LogP contribution in [-0.2, 0) is 10.0 Å². The zero-order valence-corrected chi connectivity index (χ0v) is 11.0. The van der Waals surface area contributed by atoms with E-state index in [1.807, 2.05) is 6.92 Å². The van der Waals surface area contributed by atoms with Gasteiger partial charge in [-0.25, -0.2) is 13.1 Å². The number of rotatable bonds is 7. The second-order valence-electron chi connectivity index (χ2n) is 4.60. The van der Waals surface area contributed by atoms with Crippen LogP contribution < -0.4 is 4.72 Å². The van der Waals surface area contributed by atoms with Crippen molar-refractivity contribution in [3.63, 3.8) is 0 Å². The highest BCUT2D eigenvalue weighted by atomic mass is 32.2. The lowest BCUT2D eigenvalue weighted by Crippen LogP contribution is -2.34. The highest BCUT2D eigenvalue weighted by Crippen LogP contribution is 2.24. The molecule has 0 aromatic carbocycles. The summed E-state index contributed by atoms with van der Waals surface area (Å²) in [6.07, 6.45) is 3.16. The van der Waals surface area contributed by atoms with E-state index in [9.17, 15) is 18.6 Å². The largest absolute Gasteiger partial charge is 0.393 e. The normalized spacial score (nSPS) is 29.7. The Hall–Kier alpha value is -0.170. The van der Waals surface area contributed by atoms with E-state index in [0.717, 1.165) is 12.8 Å². The Labute approximate surface area is 103 Å². The molecule has 1 rings (SSSR count). The van der Waals surface area contributed by atoms with Crippen molar-refractivity contribution in [2.75, 3.05) is 12.3 Å². The van der Waals surface area contributed by atoms with Crippen LogP contribution in [0.3, 0.4) is 0 Å². The summed E-state index contributed by atoms with van der Waals surface area (Å²) in [5.41, 5.74) is 0. The second kappa shape index (κ2) is 6.68. The van der Waals surface area contributed by atoms with Crippen molar-refractivity contribution in [1.29, 1.82) is 0 Å². The summed E-state index contributed by atoms with van der Waals surface area (Å²) in [5, 5.41) is 18.8. The lowest BCUT2D eigenvalue weighted by molar-refractivity contribution is 0.121. The maximum absolute atomic E-state index is 11.6. The third-order valence-corrected chi connectivity index (χ3v) is 4.43. The van der Waals surface area contributed by atoms with Gasteiger partial charge in [-0.1, -0.05) is 19.8 Å². The van der Waals surface area contributed by atoms with Crippen molar-refractivity contribution < 1.29 is 18.6 Å². The topological polar surface area (TPSA) is 86.6 Å². The molecule has 1 radical (unpaired) electrons. The predicted octanol–water partition coefficient (Wildman–Crippen LogP) is 0.0420. The lowest BCUT2D eigenvalue weighted by atomic mass is 10.1. The van der Waals surface area contributed by atoms with Crippen molar-refractivity contribution in [2.24, 2.45) is 5.92 Å². The predicted molar refractivity (Wildman–Crippen MR) is 65.7 cm³/mol. The number of sulfonamides is 1. The van der Waals surface area contributed by atoms with E-state index in [1.165, 1.54) is 0 Å². The smallest absolute Gasteiger partial charge is 0.211 e. The molecule has 17 heavy (non-hydrogen) atoms. The molecular formula is C11H22NO4S. The number of aliphatic hydroxyl groups excluding tert-OH is 2. The fourth-order valence-electron chi connectivity index (χ4n) is 1.96. The van der Waals surface area contributed by atoms with E-state index in [0.29, 0.717) is 12.8 Å². The minimum atomic E-state index is -3.24. The van der Waals surface area contributed by atoms with Gasteiger partial charge in [0, 0.05) is 12.5 Å². The van der Waals surface area contributed by atoms with Gasteiger partial charge in [0.25, 0.3) is 0 Å². The van der Waals surface area contributed by atoms with E-state index in [2.05, 4.69) is 4.72 Å². The molecule has 3 atom stereocenters. The van der Waals surface area contributed by atoms with Gasteiger partial charge in [0.15, 0.2) is 0 Å². The van der Waals surface area contributed by atoms with Crippen molar-refractivity contribution in [2.45, 2.75) is 44.8 Å². The van der Waals surface area contributed by atoms with Gasteiger partial charge >= 0.3 is 0 Å². The molecule has 0 amide bonds. The van der Waals surface area contributed by atoms with Crippen LogP contribution in [0.4, 0.5) is 0 Å². The third kappa shape index (κ3) is 5.33. The van der Waals surface area contributed by atoms with E-state index in [-0.39, 0.29) is 18.2 Å². The average Bonchev–Trinajstić information content (AvgIpc) is 2.55. The van der Waals surface area contributed by atoms with Crippen molar-refractivity contribution in [1.82, 2.24) is 4.72 Å². The summed E-state index contributed by atoms with van der Waals surface area (Å²) in [7, 11) is -3.24. The molecule has 1 aliphatic carbocycles. The molecule has 0 heterocycles. The fraction of sp³-hybridized carbons (Fsp3) is 0.909. The van der Waals surface area contributed by atoms with Crippen LogP contribution in [0, 0.1) is 12.3 Å². The Morgan fingerprint density at radius 1 is 1.35 bits per heavy atom. The minimum Gasteiger partial charge on any atom is -0.393 e. The van der Waals surface area contributed by atoms with Crippen LogP contribution in [0.2, 0.25) is 0 Å². The maximum atomic E-state index is 11.6. The summed E-state index contributed by atoms with van der Waals surface area (Å²) in [5.74, 6) is -0.155. The monoisotopic (exact) mass is 264 g/mol. The maximum Gasteiger partial charge on any atom is 0.211 e. The zero-order chi connectivity index (χ0) is 12.9. The van der Waals surface area contributed by atoms with Gasteiger partial charge in [0.1, 0.15) is 0 Å². The van der Waals surface area contributed by atoms with Gasteiger partial charge in [-0.05, 0) is 19.3 Å². The minimum absolute atomic E-state index is 0.131. The molecule has 0 bridgehead atoms. The van der Waals surface area contributed by atoms with Gasteiger partial charge in [-0.2, -0.15) is 0 Å². The summed E-state index contributed by atoms with van der Waals surface area (Å²) in [4.78, 5) is 0. The average molecular weight is 264 g/mol. The molecule has 1 saturated carbocycles. The van der Waals surface area contributed by atoms with Gasteiger partial charge < -0.3 is 10.2 Å². The molecule has 0 spiro atoms. The quantitative estimate of drug-likeness (QED) is 0.567. The molecule has 0 saturated heterocycles. The molecule has 0 aromatic heterocycles. The fourth-order valence-corrected chi connectivity index (χ4v) is 3.13. The van der Waals surface area contributed by atoms with Crippen LogP contribution >= 0.6 is 0 Å². The molecule has 3 N–H and O–H groups in total. The van der Waals surface area contributed by atoms with Crippen LogP contribution in [0.15, 0.2) is 0 Å². The van der Waals surface area contributed by atoms with E-state index in [1.54, 1.807) is 6.42 Å². The third-order valence-electron chi connectivity index (χ3n) is 3.00. The Morgan fingerprint density at radius 3 is 2.59 bits per heavy atom. The molecule has 6 heteroatoms. The van der Waals surface area contributed by atoms with Crippen LogP contribution in [0.1, 0.15) is 32.6 Å². The summed E-state index contributed by atoms with van der Waals surface area (Å²) < 4.78 is 25.6. The van der Waals surface area contributed by atoms with Crippen LogP contribution in [-0.4, -0.2) is 43.1 Å². The molecule has 1 aliphatic rings. The highest BCUT2D eigenvalue weighted by molar-refractivity contribution is 7.89. The second-order valence-corrected chi connectivity index (χ2v) is 6.53. The first-order chi connectivity index (χ1) is 7.94. The number of hydrogen-bond donors (Lipinski definition) is 3. The van der Waals surface area contributed by atoms with Gasteiger partial charge in [-0.15, -0.1) is 0 Å². The molecule has 0 aliphatic heterocycles. The van der Waals surface area contributed by atoms with E-state index < -0.39 is 22.2 Å². The molecule has 1 fully saturated rings. The number of aliphatic hydroxyl groups is 2. The van der Waals surface area contributed by atoms with Crippen molar-refractivity contribution in [3.8, 4) is 0 Å².